The Kier molecular flexibility index (Phi) is 11.4. The van der Waals surface area contributed by atoms with Crippen LogP contribution >= 0.6 is 0 Å². The maximum absolute atomic E-state index is 15.4. The van der Waals surface area contributed by atoms with Gasteiger partial charge in [0.05, 0.1) is 33.9 Å². The van der Waals surface area contributed by atoms with Gasteiger partial charge in [0.25, 0.3) is 0 Å². The summed E-state index contributed by atoms with van der Waals surface area (Å²) in [6.07, 6.45) is -4.25. The van der Waals surface area contributed by atoms with Gasteiger partial charge in [0, 0.05) is 0 Å². The van der Waals surface area contributed by atoms with Crippen LogP contribution in [0.3, 0.4) is 0 Å². The number of rotatable bonds is 2. The maximum atomic E-state index is 15.4. The van der Waals surface area contributed by atoms with Crippen molar-refractivity contribution >= 4 is 46.4 Å². The molecule has 3 aromatic heterocycles. The minimum Gasteiger partial charge on any atom is -0.657 e. The molecule has 0 saturated carbocycles. The van der Waals surface area contributed by atoms with E-state index in [0.29, 0.717) is 22.3 Å². The van der Waals surface area contributed by atoms with Crippen molar-refractivity contribution in [2.75, 3.05) is 0 Å². The molecule has 8 bridgehead atoms. The van der Waals surface area contributed by atoms with Crippen molar-refractivity contribution in [2.45, 2.75) is 117 Å². The van der Waals surface area contributed by atoms with Crippen molar-refractivity contribution in [1.29, 1.82) is 0 Å². The Morgan fingerprint density at radius 2 is 0.639 bits per heavy atom. The van der Waals surface area contributed by atoms with Crippen LogP contribution in [-0.2, 0) is 53.5 Å². The van der Waals surface area contributed by atoms with Crippen molar-refractivity contribution in [3.63, 3.8) is 0 Å². The second kappa shape index (κ2) is 15.2. The van der Waals surface area contributed by atoms with Crippen molar-refractivity contribution in [1.82, 2.24) is 19.9 Å². The van der Waals surface area contributed by atoms with E-state index in [2.05, 4.69) is 32.1 Å². The summed E-state index contributed by atoms with van der Waals surface area (Å²) in [5.74, 6) is 0. The van der Waals surface area contributed by atoms with E-state index in [1.54, 1.807) is 0 Å². The molecule has 2 aromatic carbocycles. The summed E-state index contributed by atoms with van der Waals surface area (Å²) >= 11 is 0. The van der Waals surface area contributed by atoms with Gasteiger partial charge in [0.2, 0.25) is 0 Å². The number of alkyl halides is 6. The molecule has 2 aliphatic rings. The zero-order chi connectivity index (χ0) is 44.1. The molecule has 0 fully saturated rings. The summed E-state index contributed by atoms with van der Waals surface area (Å²) < 4.78 is 92.4. The van der Waals surface area contributed by atoms with Crippen LogP contribution in [0, 0.1) is 0 Å². The average molecular weight is 886 g/mol. The molecule has 0 saturated heterocycles. The number of fused-ring (bicyclic) bond motifs is 8. The molecule has 0 N–H and O–H groups in total. The SMILES string of the molecule is CC(C)(C)c1cc(-c2c3nc(c(C(F)(F)F)c4ccc([n-]4)c(-c4cc(C(C)(C)C)cc(C(C)(C)C)c4)c4nc(c(C(F)(F)F)c5ccc2[n-]5)C=C4)C=C3)cc(C(C)(C)C)c1.[Zn+2]. The van der Waals surface area contributed by atoms with Gasteiger partial charge in [-0.3, -0.25) is 0 Å². The third-order valence-electron chi connectivity index (χ3n) is 11.1. The molecule has 0 unspecified atom stereocenters. The Labute approximate surface area is 366 Å². The van der Waals surface area contributed by atoms with Crippen LogP contribution in [0.2, 0.25) is 0 Å². The molecule has 0 spiro atoms. The summed E-state index contributed by atoms with van der Waals surface area (Å²) in [6, 6.07) is 17.4. The Hall–Kier alpha value is -4.76. The fraction of sp³-hybridized carbons (Fsp3) is 0.360. The molecular weight excluding hydrogens is 836 g/mol. The van der Waals surface area contributed by atoms with Crippen molar-refractivity contribution < 1.29 is 45.8 Å². The van der Waals surface area contributed by atoms with E-state index in [1.807, 2.05) is 107 Å². The van der Waals surface area contributed by atoms with Gasteiger partial charge in [0.1, 0.15) is 0 Å². The van der Waals surface area contributed by atoms with Gasteiger partial charge in [-0.05, 0) is 90.5 Å². The Balaban J connectivity index is 0.00000622. The zero-order valence-corrected chi connectivity index (χ0v) is 39.8. The molecule has 2 aliphatic heterocycles. The van der Waals surface area contributed by atoms with Gasteiger partial charge in [-0.1, -0.05) is 144 Å². The first-order chi connectivity index (χ1) is 27.5. The van der Waals surface area contributed by atoms with Gasteiger partial charge < -0.3 is 9.97 Å². The Morgan fingerprint density at radius 1 is 0.377 bits per heavy atom. The standard InChI is InChI=1S/C50H50F6N4.Zn/c1-45(2,3)29-21-27(22-30(25-29)46(4,5)6)41-33-13-17-37(57-33)43(49(51,52)53)39-19-15-35(59-39)42(28-23-31(47(7,8)9)26-32(24-28)48(10,11)12)36-16-20-40(60-36)44(50(54,55)56)38-18-14-34(41)58-38;/h13-26H,1-12H3;/q-2;+2. The zero-order valence-electron chi connectivity index (χ0n) is 36.8. The molecule has 5 aromatic rings. The molecule has 0 atom stereocenters. The van der Waals surface area contributed by atoms with Crippen molar-refractivity contribution in [3.8, 4) is 22.3 Å². The monoisotopic (exact) mass is 884 g/mol. The normalized spacial score (nSPS) is 13.8. The van der Waals surface area contributed by atoms with Crippen LogP contribution in [0.4, 0.5) is 26.3 Å². The van der Waals surface area contributed by atoms with Crippen LogP contribution in [0.5, 0.6) is 0 Å². The summed E-state index contributed by atoms with van der Waals surface area (Å²) in [4.78, 5) is 18.4. The molecule has 61 heavy (non-hydrogen) atoms. The molecule has 5 heterocycles. The summed E-state index contributed by atoms with van der Waals surface area (Å²) in [6.45, 7) is 24.6. The number of hydrogen-bond donors (Lipinski definition) is 0. The van der Waals surface area contributed by atoms with Crippen molar-refractivity contribution in [3.05, 3.63) is 117 Å². The second-order valence-electron chi connectivity index (χ2n) is 20.0. The maximum Gasteiger partial charge on any atom is 2.00 e. The third kappa shape index (κ3) is 9.09. The molecule has 7 rings (SSSR count). The molecule has 4 nitrogen and oxygen atoms in total. The number of halogens is 6. The number of hydrogen-bond acceptors (Lipinski definition) is 2. The van der Waals surface area contributed by atoms with Gasteiger partial charge in [0.15, 0.2) is 0 Å². The predicted octanol–water partition coefficient (Wildman–Crippen LogP) is 14.5. The van der Waals surface area contributed by atoms with Crippen LogP contribution in [0.1, 0.15) is 139 Å². The first kappa shape index (κ1) is 45.8. The predicted molar refractivity (Wildman–Crippen MR) is 232 cm³/mol. The quantitative estimate of drug-likeness (QED) is 0.128. The fourth-order valence-electron chi connectivity index (χ4n) is 7.54. The van der Waals surface area contributed by atoms with E-state index in [4.69, 9.17) is 0 Å². The largest absolute Gasteiger partial charge is 2.00 e. The summed E-state index contributed by atoms with van der Waals surface area (Å²) in [5.41, 5.74) is 1.04. The Morgan fingerprint density at radius 3 is 0.902 bits per heavy atom. The number of aromatic nitrogens is 4. The minimum absolute atomic E-state index is 0. The van der Waals surface area contributed by atoms with Crippen molar-refractivity contribution in [2.24, 2.45) is 0 Å². The van der Waals surface area contributed by atoms with E-state index >= 15 is 26.3 Å². The number of nitrogens with zero attached hydrogens (tertiary/aromatic N) is 4. The first-order valence-corrected chi connectivity index (χ1v) is 20.0. The van der Waals surface area contributed by atoms with Gasteiger partial charge in [-0.15, -0.1) is 22.1 Å². The topological polar surface area (TPSA) is 54.0 Å². The molecule has 0 aliphatic carbocycles. The van der Waals surface area contributed by atoms with E-state index < -0.39 is 23.5 Å². The molecular formula is C50H50F6N4Zn. The molecule has 0 radical (unpaired) electrons. The van der Waals surface area contributed by atoms with Crippen LogP contribution in [0.25, 0.3) is 68.6 Å². The second-order valence-corrected chi connectivity index (χ2v) is 20.0. The van der Waals surface area contributed by atoms with Gasteiger partial charge in [-0.25, -0.2) is 9.97 Å². The van der Waals surface area contributed by atoms with Gasteiger partial charge in [-0.2, -0.15) is 26.3 Å². The summed E-state index contributed by atoms with van der Waals surface area (Å²) in [5, 5.41) is 0. The third-order valence-corrected chi connectivity index (χ3v) is 11.1. The average Bonchev–Trinajstić information content (AvgIpc) is 3.93. The minimum atomic E-state index is -4.88. The molecule has 314 valence electrons. The van der Waals surface area contributed by atoms with E-state index in [1.165, 1.54) is 48.6 Å². The molecule has 11 heteroatoms. The fourth-order valence-corrected chi connectivity index (χ4v) is 7.54. The first-order valence-electron chi connectivity index (χ1n) is 20.0. The molecule has 0 amide bonds. The van der Waals surface area contributed by atoms with Crippen LogP contribution in [-0.4, -0.2) is 9.97 Å². The van der Waals surface area contributed by atoms with E-state index in [9.17, 15) is 0 Å². The number of benzene rings is 2. The van der Waals surface area contributed by atoms with E-state index in [0.717, 1.165) is 22.3 Å². The van der Waals surface area contributed by atoms with Crippen LogP contribution < -0.4 is 9.97 Å². The van der Waals surface area contributed by atoms with Crippen LogP contribution in [0.15, 0.2) is 60.7 Å². The van der Waals surface area contributed by atoms with Gasteiger partial charge >= 0.3 is 31.8 Å². The van der Waals surface area contributed by atoms with E-state index in [-0.39, 0.29) is 86.0 Å². The smallest absolute Gasteiger partial charge is 0.657 e. The Bertz CT molecular complexity index is 2510. The summed E-state index contributed by atoms with van der Waals surface area (Å²) in [7, 11) is 0.